The predicted molar refractivity (Wildman–Crippen MR) is 215 cm³/mol. The smallest absolute Gasteiger partial charge is 0.320 e. The second-order valence-corrected chi connectivity index (χ2v) is 17.6. The summed E-state index contributed by atoms with van der Waals surface area (Å²) in [5.74, 6) is -1.61. The normalized spacial score (nSPS) is 24.6. The van der Waals surface area contributed by atoms with Crippen molar-refractivity contribution in [3.63, 3.8) is 0 Å². The van der Waals surface area contributed by atoms with Crippen LogP contribution in [0.15, 0.2) is 42.5 Å². The van der Waals surface area contributed by atoms with E-state index in [0.717, 1.165) is 49.8 Å². The molecule has 1 aromatic heterocycles. The van der Waals surface area contributed by atoms with Crippen LogP contribution in [0.25, 0.3) is 11.3 Å². The third-order valence-corrected chi connectivity index (χ3v) is 13.4. The van der Waals surface area contributed by atoms with E-state index >= 15 is 8.78 Å². The van der Waals surface area contributed by atoms with E-state index in [1.54, 1.807) is 9.80 Å². The molecule has 6 aliphatic rings. The Labute approximate surface area is 345 Å². The van der Waals surface area contributed by atoms with Crippen molar-refractivity contribution in [2.75, 3.05) is 80.6 Å². The van der Waals surface area contributed by atoms with Crippen molar-refractivity contribution < 1.29 is 37.5 Å². The van der Waals surface area contributed by atoms with E-state index in [4.69, 9.17) is 0 Å². The second-order valence-electron chi connectivity index (χ2n) is 17.6. The quantitative estimate of drug-likeness (QED) is 0.311. The molecule has 2 atom stereocenters. The molecule has 4 saturated heterocycles. The number of piperazine rings is 2. The highest BCUT2D eigenvalue weighted by atomic mass is 19.3. The zero-order valence-corrected chi connectivity index (χ0v) is 33.7. The molecule has 3 N–H and O–H groups in total. The van der Waals surface area contributed by atoms with Crippen molar-refractivity contribution in [2.24, 2.45) is 5.92 Å². The lowest BCUT2D eigenvalue weighted by molar-refractivity contribution is -0.136. The second kappa shape index (κ2) is 15.1. The molecule has 7 heterocycles. The molecule has 0 unspecified atom stereocenters. The Hall–Kier alpha value is -5.65. The first-order valence-corrected chi connectivity index (χ1v) is 20.7. The fourth-order valence-electron chi connectivity index (χ4n) is 10.1. The number of aromatic hydroxyl groups is 1. The number of phenolic OH excluding ortho intramolecular Hbond substituents is 1. The molecule has 0 spiro atoms. The van der Waals surface area contributed by atoms with Crippen LogP contribution >= 0.6 is 0 Å². The summed E-state index contributed by atoms with van der Waals surface area (Å²) >= 11 is 0. The fraction of sp³-hybridized carbons (Fsp3) is 0.524. The van der Waals surface area contributed by atoms with Gasteiger partial charge in [-0.25, -0.2) is 18.0 Å². The van der Waals surface area contributed by atoms with Gasteiger partial charge in [0.15, 0.2) is 17.4 Å². The summed E-state index contributed by atoms with van der Waals surface area (Å²) in [4.78, 5) is 63.0. The van der Waals surface area contributed by atoms with Gasteiger partial charge in [-0.2, -0.15) is 0 Å². The lowest BCUT2D eigenvalue weighted by Crippen LogP contribution is -2.73. The molecule has 318 valence electrons. The monoisotopic (exact) mass is 830 g/mol. The van der Waals surface area contributed by atoms with Crippen LogP contribution in [0, 0.1) is 11.7 Å². The van der Waals surface area contributed by atoms with Crippen LogP contribution in [-0.4, -0.2) is 148 Å². The highest BCUT2D eigenvalue weighted by Crippen LogP contribution is 2.43. The third-order valence-electron chi connectivity index (χ3n) is 13.4. The number of benzene rings is 2. The first kappa shape index (κ1) is 39.8. The molecule has 15 nitrogen and oxygen atoms in total. The van der Waals surface area contributed by atoms with E-state index in [-0.39, 0.29) is 61.7 Å². The summed E-state index contributed by atoms with van der Waals surface area (Å²) in [6, 6.07) is 10.6. The minimum Gasteiger partial charge on any atom is -0.504 e. The largest absolute Gasteiger partial charge is 0.504 e. The number of carbonyl (C=O) groups excluding carboxylic acids is 4. The van der Waals surface area contributed by atoms with Crippen molar-refractivity contribution in [1.82, 2.24) is 35.1 Å². The highest BCUT2D eigenvalue weighted by Gasteiger charge is 2.54. The molecule has 0 radical (unpaired) electrons. The van der Waals surface area contributed by atoms with Crippen molar-refractivity contribution >= 4 is 40.9 Å². The van der Waals surface area contributed by atoms with Crippen molar-refractivity contribution in [3.05, 3.63) is 59.4 Å². The fourth-order valence-corrected chi connectivity index (χ4v) is 10.1. The molecule has 6 aliphatic heterocycles. The number of phenols is 1. The maximum atomic E-state index is 15.3. The van der Waals surface area contributed by atoms with Gasteiger partial charge in [0, 0.05) is 88.7 Å². The molecular weight excluding hydrogens is 782 g/mol. The summed E-state index contributed by atoms with van der Waals surface area (Å²) in [6.07, 6.45) is -0.368. The summed E-state index contributed by atoms with van der Waals surface area (Å²) in [7, 11) is 0. The van der Waals surface area contributed by atoms with Crippen LogP contribution in [0.2, 0.25) is 0 Å². The minimum absolute atomic E-state index is 0.0932. The molecule has 0 bridgehead atoms. The standard InChI is InChI=1S/C42H49F3N10O5/c1-41(2)23-50(20-25-10-12-51(13-11-25)27-7-6-26-21-53(38(59)29(26)18-27)32-8-9-34(56)47-37(32)58)14-16-55(41)40(60)52-15-17-54-33-19-31(28-4-3-5-30(43)35(28)57)48-49-36(33)46-22-42(54,24-52)39(44)45/h3-7,18-19,25,32,39,57H,8-17,20-24H2,1-2H3,(H,46,49)(H,47,56,58)/t32-,42+/m1/s1. The molecule has 0 aliphatic carbocycles. The maximum Gasteiger partial charge on any atom is 0.320 e. The molecule has 9 rings (SSSR count). The van der Waals surface area contributed by atoms with Gasteiger partial charge < -0.3 is 34.9 Å². The van der Waals surface area contributed by atoms with Gasteiger partial charge in [0.1, 0.15) is 11.6 Å². The van der Waals surface area contributed by atoms with Crippen LogP contribution in [-0.2, 0) is 16.1 Å². The van der Waals surface area contributed by atoms with Gasteiger partial charge in [0.25, 0.3) is 12.3 Å². The van der Waals surface area contributed by atoms with E-state index < -0.39 is 41.0 Å². The molecule has 3 aromatic rings. The molecule has 2 aromatic carbocycles. The van der Waals surface area contributed by atoms with Crippen LogP contribution in [0.1, 0.15) is 55.5 Å². The number of piperidine rings is 2. The third kappa shape index (κ3) is 6.91. The Morgan fingerprint density at radius 2 is 1.75 bits per heavy atom. The lowest BCUT2D eigenvalue weighted by atomic mass is 9.90. The zero-order chi connectivity index (χ0) is 42.1. The zero-order valence-electron chi connectivity index (χ0n) is 33.7. The van der Waals surface area contributed by atoms with Crippen LogP contribution in [0.4, 0.5) is 35.2 Å². The van der Waals surface area contributed by atoms with Crippen molar-refractivity contribution in [2.45, 2.75) is 69.6 Å². The molecule has 0 saturated carbocycles. The van der Waals surface area contributed by atoms with Gasteiger partial charge in [0.05, 0.1) is 23.5 Å². The molecule has 4 fully saturated rings. The predicted octanol–water partition coefficient (Wildman–Crippen LogP) is 3.73. The number of fused-ring (bicyclic) bond motifs is 4. The van der Waals surface area contributed by atoms with Gasteiger partial charge in [-0.1, -0.05) is 12.1 Å². The van der Waals surface area contributed by atoms with Crippen molar-refractivity contribution in [3.8, 4) is 17.0 Å². The molecular formula is C42H49F3N10O5. The van der Waals surface area contributed by atoms with Gasteiger partial charge in [-0.3, -0.25) is 24.6 Å². The van der Waals surface area contributed by atoms with E-state index in [9.17, 15) is 28.7 Å². The summed E-state index contributed by atoms with van der Waals surface area (Å²) < 4.78 is 44.7. The van der Waals surface area contributed by atoms with Gasteiger partial charge in [-0.15, -0.1) is 10.2 Å². The number of amides is 5. The number of hydrogen-bond donors (Lipinski definition) is 3. The number of nitrogens with one attached hydrogen (secondary N) is 2. The Kier molecular flexibility index (Phi) is 10.0. The average Bonchev–Trinajstić information content (AvgIpc) is 3.55. The molecule has 60 heavy (non-hydrogen) atoms. The number of imide groups is 1. The van der Waals surface area contributed by atoms with Gasteiger partial charge >= 0.3 is 6.03 Å². The lowest BCUT2D eigenvalue weighted by Gasteiger charge is -2.55. The number of para-hydroxylation sites is 1. The maximum absolute atomic E-state index is 15.3. The summed E-state index contributed by atoms with van der Waals surface area (Å²) in [6.45, 7) is 8.63. The van der Waals surface area contributed by atoms with Crippen LogP contribution in [0.5, 0.6) is 5.75 Å². The Balaban J connectivity index is 0.803. The topological polar surface area (TPSA) is 158 Å². The number of aromatic nitrogens is 2. The number of halogens is 3. The van der Waals surface area contributed by atoms with E-state index in [2.05, 4.69) is 30.6 Å². The minimum atomic E-state index is -2.83. The van der Waals surface area contributed by atoms with Crippen molar-refractivity contribution in [1.29, 1.82) is 0 Å². The number of urea groups is 1. The van der Waals surface area contributed by atoms with Gasteiger partial charge in [-0.05, 0) is 74.9 Å². The number of hydrogen-bond acceptors (Lipinski definition) is 11. The number of anilines is 3. The molecule has 5 amide bonds. The molecule has 18 heteroatoms. The Morgan fingerprint density at radius 3 is 2.50 bits per heavy atom. The first-order chi connectivity index (χ1) is 28.7. The summed E-state index contributed by atoms with van der Waals surface area (Å²) in [5.41, 5.74) is 0.735. The number of nitrogens with zero attached hydrogens (tertiary/aromatic N) is 8. The average molecular weight is 831 g/mol. The number of carbonyl (C=O) groups is 4. The van der Waals surface area contributed by atoms with E-state index in [1.807, 2.05) is 36.9 Å². The summed E-state index contributed by atoms with van der Waals surface area (Å²) in [5, 5.41) is 24.0. The van der Waals surface area contributed by atoms with Gasteiger partial charge in [0.2, 0.25) is 11.8 Å². The van der Waals surface area contributed by atoms with E-state index in [0.29, 0.717) is 55.6 Å². The Morgan fingerprint density at radius 1 is 0.950 bits per heavy atom. The van der Waals surface area contributed by atoms with Crippen LogP contribution in [0.3, 0.4) is 0 Å². The number of alkyl halides is 2. The first-order valence-electron chi connectivity index (χ1n) is 20.7. The SMILES string of the molecule is CC1(C)CN(CC2CCN(c3ccc4c(c3)C(=O)N([C@@H]3CCC(=O)NC3=O)C4)CC2)CCN1C(=O)N1CCN2c3cc(-c4cccc(F)c4O)nnc3NC[C@@]2(C(F)F)C1. The Bertz CT molecular complexity index is 2240. The number of rotatable bonds is 6. The van der Waals surface area contributed by atoms with E-state index in [1.165, 1.54) is 23.1 Å². The highest BCUT2D eigenvalue weighted by molar-refractivity contribution is 6.05. The van der Waals surface area contributed by atoms with Crippen LogP contribution < -0.4 is 20.4 Å².